The van der Waals surface area contributed by atoms with E-state index in [9.17, 15) is 4.79 Å². The first kappa shape index (κ1) is 18.6. The van der Waals surface area contributed by atoms with Crippen LogP contribution in [-0.2, 0) is 4.79 Å². The molecule has 5 heteroatoms. The third-order valence-electron chi connectivity index (χ3n) is 4.46. The van der Waals surface area contributed by atoms with Crippen LogP contribution in [0.1, 0.15) is 32.8 Å². The van der Waals surface area contributed by atoms with Gasteiger partial charge in [0.2, 0.25) is 5.91 Å². The molecule has 3 rings (SSSR count). The SMILES string of the molecule is CCC(C)(C)NC(=O)/C=C/c1cn(-c2ccccc2)nc1-c1cccnc1. The number of nitrogens with one attached hydrogen (secondary N) is 1. The average molecular weight is 360 g/mol. The van der Waals surface area contributed by atoms with Crippen molar-refractivity contribution in [2.24, 2.45) is 0 Å². The lowest BCUT2D eigenvalue weighted by molar-refractivity contribution is -0.117. The fourth-order valence-electron chi connectivity index (χ4n) is 2.58. The highest BCUT2D eigenvalue weighted by Gasteiger charge is 2.16. The van der Waals surface area contributed by atoms with Gasteiger partial charge in [-0.2, -0.15) is 5.10 Å². The average Bonchev–Trinajstić information content (AvgIpc) is 3.12. The number of carbonyl (C=O) groups is 1. The summed E-state index contributed by atoms with van der Waals surface area (Å²) in [7, 11) is 0. The van der Waals surface area contributed by atoms with E-state index in [1.807, 2.05) is 74.1 Å². The third-order valence-corrected chi connectivity index (χ3v) is 4.46. The van der Waals surface area contributed by atoms with Gasteiger partial charge in [-0.05, 0) is 50.6 Å². The van der Waals surface area contributed by atoms with Crippen molar-refractivity contribution in [2.75, 3.05) is 0 Å². The maximum absolute atomic E-state index is 12.3. The van der Waals surface area contributed by atoms with Crippen molar-refractivity contribution in [1.82, 2.24) is 20.1 Å². The van der Waals surface area contributed by atoms with Crippen LogP contribution in [0, 0.1) is 0 Å². The minimum Gasteiger partial charge on any atom is -0.348 e. The minimum absolute atomic E-state index is 0.119. The van der Waals surface area contributed by atoms with E-state index in [0.717, 1.165) is 28.9 Å². The molecule has 0 aliphatic carbocycles. The molecule has 138 valence electrons. The second kappa shape index (κ2) is 7.99. The molecule has 2 aromatic heterocycles. The van der Waals surface area contributed by atoms with Gasteiger partial charge in [0.15, 0.2) is 0 Å². The summed E-state index contributed by atoms with van der Waals surface area (Å²) in [5.74, 6) is -0.119. The first-order valence-corrected chi connectivity index (χ1v) is 9.04. The lowest BCUT2D eigenvalue weighted by atomic mass is 10.0. The molecule has 0 fully saturated rings. The molecule has 0 bridgehead atoms. The molecule has 0 atom stereocenters. The number of hydrogen-bond acceptors (Lipinski definition) is 3. The predicted octanol–water partition coefficient (Wildman–Crippen LogP) is 4.25. The second-order valence-electron chi connectivity index (χ2n) is 7.01. The zero-order valence-electron chi connectivity index (χ0n) is 15.9. The van der Waals surface area contributed by atoms with E-state index in [0.29, 0.717) is 0 Å². The van der Waals surface area contributed by atoms with Crippen LogP contribution in [0.3, 0.4) is 0 Å². The van der Waals surface area contributed by atoms with Crippen molar-refractivity contribution in [2.45, 2.75) is 32.7 Å². The Morgan fingerprint density at radius 2 is 1.96 bits per heavy atom. The van der Waals surface area contributed by atoms with Gasteiger partial charge in [-0.3, -0.25) is 9.78 Å². The fourth-order valence-corrected chi connectivity index (χ4v) is 2.58. The van der Waals surface area contributed by atoms with Crippen LogP contribution in [0.4, 0.5) is 0 Å². The Bertz CT molecular complexity index is 927. The standard InChI is InChI=1S/C22H24N4O/c1-4-22(2,3)24-20(27)13-12-18-16-26(19-10-6-5-7-11-19)25-21(18)17-9-8-14-23-15-17/h5-16H,4H2,1-3H3,(H,24,27)/b13-12+. The zero-order chi connectivity index (χ0) is 19.3. The van der Waals surface area contributed by atoms with Gasteiger partial charge in [-0.1, -0.05) is 25.1 Å². The topological polar surface area (TPSA) is 59.8 Å². The summed E-state index contributed by atoms with van der Waals surface area (Å²) in [6.45, 7) is 6.06. The molecule has 0 saturated carbocycles. The molecule has 2 heterocycles. The fraction of sp³-hybridized carbons (Fsp3) is 0.227. The Labute approximate surface area is 159 Å². The second-order valence-corrected chi connectivity index (χ2v) is 7.01. The highest BCUT2D eigenvalue weighted by Crippen LogP contribution is 2.24. The van der Waals surface area contributed by atoms with E-state index in [2.05, 4.69) is 10.3 Å². The summed E-state index contributed by atoms with van der Waals surface area (Å²) in [6, 6.07) is 13.7. The van der Waals surface area contributed by atoms with Crippen molar-refractivity contribution >= 4 is 12.0 Å². The molecule has 0 aliphatic heterocycles. The quantitative estimate of drug-likeness (QED) is 0.669. The number of amides is 1. The Balaban J connectivity index is 1.94. The largest absolute Gasteiger partial charge is 0.348 e. The van der Waals surface area contributed by atoms with E-state index < -0.39 is 0 Å². The first-order valence-electron chi connectivity index (χ1n) is 9.04. The maximum Gasteiger partial charge on any atom is 0.244 e. The van der Waals surface area contributed by atoms with Crippen molar-refractivity contribution in [3.63, 3.8) is 0 Å². The van der Waals surface area contributed by atoms with Gasteiger partial charge in [0.1, 0.15) is 5.69 Å². The summed E-state index contributed by atoms with van der Waals surface area (Å²) in [6.07, 6.45) is 9.65. The molecule has 1 amide bonds. The Morgan fingerprint density at radius 3 is 2.63 bits per heavy atom. The number of nitrogens with zero attached hydrogens (tertiary/aromatic N) is 3. The number of para-hydroxylation sites is 1. The molecule has 1 aromatic carbocycles. The highest BCUT2D eigenvalue weighted by atomic mass is 16.1. The van der Waals surface area contributed by atoms with Crippen molar-refractivity contribution < 1.29 is 4.79 Å². The summed E-state index contributed by atoms with van der Waals surface area (Å²) >= 11 is 0. The van der Waals surface area contributed by atoms with Crippen LogP contribution in [-0.4, -0.2) is 26.2 Å². The van der Waals surface area contributed by atoms with Gasteiger partial charge >= 0.3 is 0 Å². The predicted molar refractivity (Wildman–Crippen MR) is 108 cm³/mol. The van der Waals surface area contributed by atoms with Crippen molar-refractivity contribution in [3.8, 4) is 16.9 Å². The molecule has 5 nitrogen and oxygen atoms in total. The lowest BCUT2D eigenvalue weighted by Gasteiger charge is -2.23. The Hall–Kier alpha value is -3.21. The van der Waals surface area contributed by atoms with E-state index >= 15 is 0 Å². The Morgan fingerprint density at radius 1 is 1.19 bits per heavy atom. The van der Waals surface area contributed by atoms with Crippen LogP contribution < -0.4 is 5.32 Å². The van der Waals surface area contributed by atoms with E-state index in [1.54, 1.807) is 24.5 Å². The zero-order valence-corrected chi connectivity index (χ0v) is 15.9. The van der Waals surface area contributed by atoms with Gasteiger partial charge < -0.3 is 5.32 Å². The van der Waals surface area contributed by atoms with Crippen molar-refractivity contribution in [3.05, 3.63) is 72.7 Å². The molecule has 0 aliphatic rings. The van der Waals surface area contributed by atoms with E-state index in [1.165, 1.54) is 0 Å². The van der Waals surface area contributed by atoms with Crippen LogP contribution in [0.15, 0.2) is 67.1 Å². The summed E-state index contributed by atoms with van der Waals surface area (Å²) < 4.78 is 1.82. The number of rotatable bonds is 6. The molecular formula is C22H24N4O. The summed E-state index contributed by atoms with van der Waals surface area (Å²) in [5, 5.41) is 7.72. The molecule has 0 saturated heterocycles. The number of pyridine rings is 1. The van der Waals surface area contributed by atoms with Crippen LogP contribution >= 0.6 is 0 Å². The van der Waals surface area contributed by atoms with Gasteiger partial charge in [-0.25, -0.2) is 4.68 Å². The number of aromatic nitrogens is 3. The molecule has 3 aromatic rings. The van der Waals surface area contributed by atoms with Crippen LogP contribution in [0.5, 0.6) is 0 Å². The van der Waals surface area contributed by atoms with E-state index in [4.69, 9.17) is 5.10 Å². The van der Waals surface area contributed by atoms with Gasteiger partial charge in [0.05, 0.1) is 5.69 Å². The number of carbonyl (C=O) groups excluding carboxylic acids is 1. The van der Waals surface area contributed by atoms with Crippen molar-refractivity contribution in [1.29, 1.82) is 0 Å². The summed E-state index contributed by atoms with van der Waals surface area (Å²) in [4.78, 5) is 16.5. The van der Waals surface area contributed by atoms with E-state index in [-0.39, 0.29) is 11.4 Å². The van der Waals surface area contributed by atoms with Crippen LogP contribution in [0.2, 0.25) is 0 Å². The highest BCUT2D eigenvalue weighted by molar-refractivity contribution is 5.93. The van der Waals surface area contributed by atoms with Gasteiger partial charge in [0, 0.05) is 41.3 Å². The Kier molecular flexibility index (Phi) is 5.50. The number of benzene rings is 1. The molecule has 0 spiro atoms. The van der Waals surface area contributed by atoms with Gasteiger partial charge in [0.25, 0.3) is 0 Å². The number of hydrogen-bond donors (Lipinski definition) is 1. The normalized spacial score (nSPS) is 11.7. The molecule has 1 N–H and O–H groups in total. The minimum atomic E-state index is -0.234. The lowest BCUT2D eigenvalue weighted by Crippen LogP contribution is -2.41. The molecule has 0 unspecified atom stereocenters. The first-order chi connectivity index (χ1) is 13.0. The maximum atomic E-state index is 12.3. The van der Waals surface area contributed by atoms with Crippen LogP contribution in [0.25, 0.3) is 23.0 Å². The summed E-state index contributed by atoms with van der Waals surface area (Å²) in [5.41, 5.74) is 3.27. The molecule has 27 heavy (non-hydrogen) atoms. The van der Waals surface area contributed by atoms with Gasteiger partial charge in [-0.15, -0.1) is 0 Å². The monoisotopic (exact) mass is 360 g/mol. The smallest absolute Gasteiger partial charge is 0.244 e. The third kappa shape index (κ3) is 4.70. The molecular weight excluding hydrogens is 336 g/mol. The molecule has 0 radical (unpaired) electrons.